The summed E-state index contributed by atoms with van der Waals surface area (Å²) in [5.74, 6) is 1.44. The molecule has 0 radical (unpaired) electrons. The van der Waals surface area contributed by atoms with E-state index >= 15 is 0 Å². The first-order valence-electron chi connectivity index (χ1n) is 10.6. The van der Waals surface area contributed by atoms with E-state index in [1.54, 1.807) is 11.6 Å². The summed E-state index contributed by atoms with van der Waals surface area (Å²) in [4.78, 5) is 20.3. The topological polar surface area (TPSA) is 59.7 Å². The van der Waals surface area contributed by atoms with E-state index in [2.05, 4.69) is 27.7 Å². The normalized spacial score (nSPS) is 15.6. The van der Waals surface area contributed by atoms with Crippen molar-refractivity contribution in [3.05, 3.63) is 47.8 Å². The number of amides is 1. The first-order valence-corrected chi connectivity index (χ1v) is 10.6. The van der Waals surface area contributed by atoms with Crippen LogP contribution >= 0.6 is 0 Å². The third-order valence-electron chi connectivity index (χ3n) is 5.85. The molecule has 2 aromatic heterocycles. The lowest BCUT2D eigenvalue weighted by Crippen LogP contribution is -2.38. The molecule has 4 rings (SSSR count). The zero-order valence-electron chi connectivity index (χ0n) is 18.5. The van der Waals surface area contributed by atoms with Crippen LogP contribution in [0.15, 0.2) is 36.4 Å². The molecule has 1 aromatic carbocycles. The highest BCUT2D eigenvalue weighted by atomic mass is 16.5. The van der Waals surface area contributed by atoms with Gasteiger partial charge in [0.1, 0.15) is 11.4 Å². The predicted molar refractivity (Wildman–Crippen MR) is 118 cm³/mol. The third-order valence-corrected chi connectivity index (χ3v) is 5.85. The van der Waals surface area contributed by atoms with E-state index in [1.165, 1.54) is 0 Å². The van der Waals surface area contributed by atoms with Crippen LogP contribution in [0.3, 0.4) is 0 Å². The molecular formula is C24H30N4O2. The Balaban J connectivity index is 1.85. The maximum absolute atomic E-state index is 13.5. The standard InChI is InChI=1S/C24H30N4O2/c1-16-9-11-27(12-10-16)23(29)20-14-19(17-7-6-8-18(13-17)30-5)25-22-15-21(24(2,3)4)26-28(20)22/h6-8,13-16H,9-12H2,1-5H3. The van der Waals surface area contributed by atoms with Crippen LogP contribution in [0.25, 0.3) is 16.9 Å². The van der Waals surface area contributed by atoms with Crippen LogP contribution in [0, 0.1) is 5.92 Å². The second-order valence-electron chi connectivity index (χ2n) is 9.28. The molecule has 0 unspecified atom stereocenters. The number of hydrogen-bond acceptors (Lipinski definition) is 4. The lowest BCUT2D eigenvalue weighted by atomic mass is 9.93. The van der Waals surface area contributed by atoms with Crippen molar-refractivity contribution < 1.29 is 9.53 Å². The van der Waals surface area contributed by atoms with Crippen molar-refractivity contribution in [2.24, 2.45) is 5.92 Å². The number of hydrogen-bond donors (Lipinski definition) is 0. The van der Waals surface area contributed by atoms with Crippen molar-refractivity contribution in [2.45, 2.75) is 46.0 Å². The molecule has 6 nitrogen and oxygen atoms in total. The zero-order chi connectivity index (χ0) is 21.5. The Morgan fingerprint density at radius 1 is 1.13 bits per heavy atom. The summed E-state index contributed by atoms with van der Waals surface area (Å²) in [5.41, 5.74) is 3.69. The number of ether oxygens (including phenoxy) is 1. The lowest BCUT2D eigenvalue weighted by molar-refractivity contribution is 0.0688. The van der Waals surface area contributed by atoms with E-state index in [9.17, 15) is 4.79 Å². The Morgan fingerprint density at radius 3 is 2.53 bits per heavy atom. The first-order chi connectivity index (χ1) is 14.3. The largest absolute Gasteiger partial charge is 0.497 e. The fourth-order valence-corrected chi connectivity index (χ4v) is 3.80. The van der Waals surface area contributed by atoms with E-state index in [4.69, 9.17) is 14.8 Å². The van der Waals surface area contributed by atoms with Gasteiger partial charge in [0.2, 0.25) is 0 Å². The summed E-state index contributed by atoms with van der Waals surface area (Å²) >= 11 is 0. The number of fused-ring (bicyclic) bond motifs is 1. The number of likely N-dealkylation sites (tertiary alicyclic amines) is 1. The molecule has 1 amide bonds. The quantitative estimate of drug-likeness (QED) is 0.639. The van der Waals surface area contributed by atoms with Crippen LogP contribution in [-0.2, 0) is 5.41 Å². The van der Waals surface area contributed by atoms with Gasteiger partial charge in [-0.1, -0.05) is 39.8 Å². The molecule has 1 fully saturated rings. The van der Waals surface area contributed by atoms with Gasteiger partial charge in [-0.3, -0.25) is 4.79 Å². The van der Waals surface area contributed by atoms with Crippen molar-refractivity contribution >= 4 is 11.6 Å². The Labute approximate surface area is 177 Å². The number of piperidine rings is 1. The number of benzene rings is 1. The minimum atomic E-state index is -0.134. The number of rotatable bonds is 3. The number of methoxy groups -OCH3 is 1. The molecule has 0 aliphatic carbocycles. The van der Waals surface area contributed by atoms with Gasteiger partial charge in [-0.25, -0.2) is 9.50 Å². The minimum Gasteiger partial charge on any atom is -0.497 e. The Hall–Kier alpha value is -2.89. The van der Waals surface area contributed by atoms with Gasteiger partial charge in [-0.15, -0.1) is 0 Å². The molecule has 3 heterocycles. The van der Waals surface area contributed by atoms with Gasteiger partial charge in [0, 0.05) is 30.1 Å². The fourth-order valence-electron chi connectivity index (χ4n) is 3.80. The molecule has 6 heteroatoms. The highest BCUT2D eigenvalue weighted by molar-refractivity contribution is 5.94. The second kappa shape index (κ2) is 7.74. The molecule has 0 spiro atoms. The van der Waals surface area contributed by atoms with Crippen molar-refractivity contribution in [1.82, 2.24) is 19.5 Å². The highest BCUT2D eigenvalue weighted by Crippen LogP contribution is 2.28. The molecule has 1 aliphatic rings. The Morgan fingerprint density at radius 2 is 1.87 bits per heavy atom. The average molecular weight is 407 g/mol. The summed E-state index contributed by atoms with van der Waals surface area (Å²) in [6, 6.07) is 11.6. The summed E-state index contributed by atoms with van der Waals surface area (Å²) in [6.45, 7) is 10.2. The lowest BCUT2D eigenvalue weighted by Gasteiger charge is -2.30. The van der Waals surface area contributed by atoms with E-state index in [0.29, 0.717) is 17.3 Å². The second-order valence-corrected chi connectivity index (χ2v) is 9.28. The minimum absolute atomic E-state index is 0.0157. The number of carbonyl (C=O) groups is 1. The zero-order valence-corrected chi connectivity index (χ0v) is 18.5. The first kappa shape index (κ1) is 20.4. The van der Waals surface area contributed by atoms with Gasteiger partial charge in [0.25, 0.3) is 5.91 Å². The van der Waals surface area contributed by atoms with Gasteiger partial charge in [0.15, 0.2) is 5.65 Å². The van der Waals surface area contributed by atoms with Crippen LogP contribution in [0.4, 0.5) is 0 Å². The smallest absolute Gasteiger partial charge is 0.272 e. The highest BCUT2D eigenvalue weighted by Gasteiger charge is 2.26. The number of aromatic nitrogens is 3. The number of nitrogens with zero attached hydrogens (tertiary/aromatic N) is 4. The SMILES string of the molecule is COc1cccc(-c2cc(C(=O)N3CCC(C)CC3)n3nc(C(C)(C)C)cc3n2)c1. The molecule has 0 atom stereocenters. The van der Waals surface area contributed by atoms with Crippen molar-refractivity contribution in [3.8, 4) is 17.0 Å². The van der Waals surface area contributed by atoms with Crippen molar-refractivity contribution in [3.63, 3.8) is 0 Å². The van der Waals surface area contributed by atoms with Gasteiger partial charge >= 0.3 is 0 Å². The molecule has 1 saturated heterocycles. The van der Waals surface area contributed by atoms with E-state index in [-0.39, 0.29) is 11.3 Å². The maximum atomic E-state index is 13.5. The van der Waals surface area contributed by atoms with Gasteiger partial charge in [0.05, 0.1) is 18.5 Å². The Kier molecular flexibility index (Phi) is 5.26. The molecule has 0 N–H and O–H groups in total. The van der Waals surface area contributed by atoms with Crippen LogP contribution in [0.5, 0.6) is 5.75 Å². The van der Waals surface area contributed by atoms with Gasteiger partial charge in [-0.05, 0) is 37.0 Å². The van der Waals surface area contributed by atoms with E-state index < -0.39 is 0 Å². The third kappa shape index (κ3) is 3.91. The summed E-state index contributed by atoms with van der Waals surface area (Å²) in [6.07, 6.45) is 2.07. The molecule has 1 aliphatic heterocycles. The summed E-state index contributed by atoms with van der Waals surface area (Å²) in [7, 11) is 1.65. The molecular weight excluding hydrogens is 376 g/mol. The molecule has 3 aromatic rings. The van der Waals surface area contributed by atoms with Crippen molar-refractivity contribution in [1.29, 1.82) is 0 Å². The monoisotopic (exact) mass is 406 g/mol. The fraction of sp³-hybridized carbons (Fsp3) is 0.458. The van der Waals surface area contributed by atoms with Gasteiger partial charge in [-0.2, -0.15) is 5.10 Å². The van der Waals surface area contributed by atoms with Gasteiger partial charge < -0.3 is 9.64 Å². The summed E-state index contributed by atoms with van der Waals surface area (Å²) < 4.78 is 7.09. The van der Waals surface area contributed by atoms with Crippen molar-refractivity contribution in [2.75, 3.05) is 20.2 Å². The van der Waals surface area contributed by atoms with Crippen LogP contribution in [0.1, 0.15) is 56.7 Å². The molecule has 158 valence electrons. The van der Waals surface area contributed by atoms with Crippen LogP contribution in [-0.4, -0.2) is 45.6 Å². The molecule has 0 saturated carbocycles. The maximum Gasteiger partial charge on any atom is 0.272 e. The number of carbonyl (C=O) groups excluding carboxylic acids is 1. The Bertz CT molecular complexity index is 1070. The predicted octanol–water partition coefficient (Wildman–Crippen LogP) is 4.57. The van der Waals surface area contributed by atoms with Crippen LogP contribution in [0.2, 0.25) is 0 Å². The van der Waals surface area contributed by atoms with E-state index in [1.807, 2.05) is 41.3 Å². The van der Waals surface area contributed by atoms with Crippen LogP contribution < -0.4 is 4.74 Å². The molecule has 0 bridgehead atoms. The average Bonchev–Trinajstić information content (AvgIpc) is 3.18. The van der Waals surface area contributed by atoms with E-state index in [0.717, 1.165) is 48.6 Å². The summed E-state index contributed by atoms with van der Waals surface area (Å²) in [5, 5.41) is 4.77. The molecule has 30 heavy (non-hydrogen) atoms.